The van der Waals surface area contributed by atoms with Gasteiger partial charge in [0.1, 0.15) is 5.75 Å². The number of carbonyl (C=O) groups excluding carboxylic acids is 1. The summed E-state index contributed by atoms with van der Waals surface area (Å²) in [6.45, 7) is 0. The molecule has 0 aromatic heterocycles. The number of benzene rings is 1. The van der Waals surface area contributed by atoms with Crippen molar-refractivity contribution >= 4 is 27.9 Å². The van der Waals surface area contributed by atoms with Crippen LogP contribution in [0.4, 0.5) is 0 Å². The van der Waals surface area contributed by atoms with Crippen LogP contribution in [-0.2, 0) is 14.5 Å². The van der Waals surface area contributed by atoms with Gasteiger partial charge in [0.15, 0.2) is 5.75 Å². The van der Waals surface area contributed by atoms with Crippen molar-refractivity contribution in [2.75, 3.05) is 7.11 Å². The fourth-order valence-corrected chi connectivity index (χ4v) is 1.24. The molecular formula is C11H9BrO6. The van der Waals surface area contributed by atoms with Crippen LogP contribution in [0.3, 0.4) is 0 Å². The van der Waals surface area contributed by atoms with Gasteiger partial charge in [-0.3, -0.25) is 4.89 Å². The lowest BCUT2D eigenvalue weighted by atomic mass is 10.3. The molecule has 96 valence electrons. The summed E-state index contributed by atoms with van der Waals surface area (Å²) in [6.07, 6.45) is 1.38. The average Bonchev–Trinajstić information content (AvgIpc) is 2.35. The molecule has 0 aliphatic rings. The van der Waals surface area contributed by atoms with Crippen LogP contribution < -0.4 is 9.62 Å². The maximum Gasteiger partial charge on any atom is 0.379 e. The van der Waals surface area contributed by atoms with Gasteiger partial charge in [0.2, 0.25) is 0 Å². The Kier molecular flexibility index (Phi) is 5.19. The van der Waals surface area contributed by atoms with Gasteiger partial charge in [-0.15, -0.1) is 0 Å². The molecule has 0 fully saturated rings. The molecule has 0 bridgehead atoms. The van der Waals surface area contributed by atoms with E-state index in [0.717, 1.165) is 6.08 Å². The molecule has 1 rings (SSSR count). The van der Waals surface area contributed by atoms with Crippen molar-refractivity contribution in [1.29, 1.82) is 0 Å². The molecule has 0 spiro atoms. The van der Waals surface area contributed by atoms with Gasteiger partial charge in [-0.05, 0) is 28.1 Å². The minimum Gasteiger partial charge on any atom is -0.497 e. The largest absolute Gasteiger partial charge is 0.497 e. The fraction of sp³-hybridized carbons (Fsp3) is 0.0909. The molecule has 0 amide bonds. The van der Waals surface area contributed by atoms with Crippen LogP contribution in [-0.4, -0.2) is 24.2 Å². The summed E-state index contributed by atoms with van der Waals surface area (Å²) in [6, 6.07) is 4.83. The molecule has 6 nitrogen and oxygen atoms in total. The van der Waals surface area contributed by atoms with Gasteiger partial charge >= 0.3 is 11.9 Å². The molecule has 0 aliphatic carbocycles. The third-order valence-corrected chi connectivity index (χ3v) is 2.37. The predicted molar refractivity (Wildman–Crippen MR) is 64.2 cm³/mol. The molecule has 1 aromatic carbocycles. The number of hydrogen-bond acceptors (Lipinski definition) is 5. The van der Waals surface area contributed by atoms with Crippen LogP contribution in [0.15, 0.2) is 34.8 Å². The predicted octanol–water partition coefficient (Wildman–Crippen LogP) is 1.94. The summed E-state index contributed by atoms with van der Waals surface area (Å²) in [7, 11) is 1.48. The van der Waals surface area contributed by atoms with Crippen molar-refractivity contribution in [2.24, 2.45) is 0 Å². The number of carbonyl (C=O) groups is 2. The van der Waals surface area contributed by atoms with Crippen LogP contribution in [0.2, 0.25) is 0 Å². The molecule has 0 unspecified atom stereocenters. The molecule has 0 radical (unpaired) electrons. The number of carboxylic acid groups (broad SMARTS) is 1. The van der Waals surface area contributed by atoms with Crippen molar-refractivity contribution in [3.8, 4) is 11.5 Å². The van der Waals surface area contributed by atoms with E-state index in [2.05, 4.69) is 20.8 Å². The van der Waals surface area contributed by atoms with Crippen LogP contribution in [0.5, 0.6) is 11.5 Å². The minimum absolute atomic E-state index is 0.228. The SMILES string of the molecule is COc1ccc(Br)c(OOC(=O)C=CC(=O)O)c1. The Labute approximate surface area is 111 Å². The normalized spacial score (nSPS) is 10.1. The average molecular weight is 317 g/mol. The maximum atomic E-state index is 11.0. The Hall–Kier alpha value is -2.02. The second-order valence-electron chi connectivity index (χ2n) is 2.95. The zero-order chi connectivity index (χ0) is 13.5. The Morgan fingerprint density at radius 2 is 2.06 bits per heavy atom. The molecule has 0 heterocycles. The van der Waals surface area contributed by atoms with E-state index in [1.54, 1.807) is 12.1 Å². The van der Waals surface area contributed by atoms with Gasteiger partial charge < -0.3 is 9.84 Å². The number of carboxylic acids is 1. The summed E-state index contributed by atoms with van der Waals surface area (Å²) in [5.41, 5.74) is 0. The maximum absolute atomic E-state index is 11.0. The first-order chi connectivity index (χ1) is 8.52. The van der Waals surface area contributed by atoms with E-state index in [0.29, 0.717) is 16.3 Å². The number of rotatable bonds is 5. The third-order valence-electron chi connectivity index (χ3n) is 1.71. The van der Waals surface area contributed by atoms with E-state index < -0.39 is 11.9 Å². The first kappa shape index (κ1) is 14.0. The van der Waals surface area contributed by atoms with E-state index in [1.165, 1.54) is 13.2 Å². The smallest absolute Gasteiger partial charge is 0.379 e. The Morgan fingerprint density at radius 3 is 2.67 bits per heavy atom. The van der Waals surface area contributed by atoms with Crippen molar-refractivity contribution in [3.63, 3.8) is 0 Å². The summed E-state index contributed by atoms with van der Waals surface area (Å²) in [5, 5.41) is 8.30. The van der Waals surface area contributed by atoms with Crippen LogP contribution in [0.25, 0.3) is 0 Å². The fourth-order valence-electron chi connectivity index (χ4n) is 0.928. The van der Waals surface area contributed by atoms with Gasteiger partial charge in [0.05, 0.1) is 11.6 Å². The van der Waals surface area contributed by atoms with Gasteiger partial charge in [-0.25, -0.2) is 14.5 Å². The van der Waals surface area contributed by atoms with Crippen molar-refractivity contribution in [2.45, 2.75) is 0 Å². The molecule has 0 atom stereocenters. The van der Waals surface area contributed by atoms with Gasteiger partial charge in [-0.1, -0.05) is 0 Å². The van der Waals surface area contributed by atoms with E-state index >= 15 is 0 Å². The molecule has 0 saturated carbocycles. The van der Waals surface area contributed by atoms with E-state index in [4.69, 9.17) is 14.7 Å². The topological polar surface area (TPSA) is 82.1 Å². The number of methoxy groups -OCH3 is 1. The Bertz CT molecular complexity index is 482. The molecule has 0 saturated heterocycles. The molecular weight excluding hydrogens is 308 g/mol. The minimum atomic E-state index is -1.26. The summed E-state index contributed by atoms with van der Waals surface area (Å²) in [5.74, 6) is -1.45. The Morgan fingerprint density at radius 1 is 1.33 bits per heavy atom. The van der Waals surface area contributed by atoms with E-state index in [9.17, 15) is 9.59 Å². The second-order valence-corrected chi connectivity index (χ2v) is 3.81. The van der Waals surface area contributed by atoms with Crippen LogP contribution in [0.1, 0.15) is 0 Å². The van der Waals surface area contributed by atoms with Crippen molar-refractivity contribution < 1.29 is 29.2 Å². The number of aliphatic carboxylic acids is 1. The third kappa shape index (κ3) is 4.46. The molecule has 1 aromatic rings. The van der Waals surface area contributed by atoms with Crippen molar-refractivity contribution in [3.05, 3.63) is 34.8 Å². The van der Waals surface area contributed by atoms with Gasteiger partial charge in [-0.2, -0.15) is 0 Å². The lowest BCUT2D eigenvalue weighted by Crippen LogP contribution is -2.06. The highest BCUT2D eigenvalue weighted by atomic mass is 79.9. The van der Waals surface area contributed by atoms with E-state index in [1.807, 2.05) is 0 Å². The number of ether oxygens (including phenoxy) is 1. The second kappa shape index (κ2) is 6.65. The first-order valence-electron chi connectivity index (χ1n) is 4.66. The van der Waals surface area contributed by atoms with E-state index in [-0.39, 0.29) is 5.75 Å². The van der Waals surface area contributed by atoms with Crippen LogP contribution >= 0.6 is 15.9 Å². The summed E-state index contributed by atoms with van der Waals surface area (Å²) >= 11 is 3.19. The standard InChI is InChI=1S/C11H9BrO6/c1-16-7-2-3-8(12)9(6-7)17-18-11(15)5-4-10(13)14/h2-6H,1H3,(H,13,14). The zero-order valence-corrected chi connectivity index (χ0v) is 10.8. The summed E-state index contributed by atoms with van der Waals surface area (Å²) in [4.78, 5) is 30.3. The van der Waals surface area contributed by atoms with Gasteiger partial charge in [0.25, 0.3) is 0 Å². The molecule has 18 heavy (non-hydrogen) atoms. The Balaban J connectivity index is 2.63. The highest BCUT2D eigenvalue weighted by Gasteiger charge is 2.07. The highest BCUT2D eigenvalue weighted by Crippen LogP contribution is 2.29. The quantitative estimate of drug-likeness (QED) is 0.508. The highest BCUT2D eigenvalue weighted by molar-refractivity contribution is 9.10. The zero-order valence-electron chi connectivity index (χ0n) is 9.25. The molecule has 0 aliphatic heterocycles. The lowest BCUT2D eigenvalue weighted by molar-refractivity contribution is -0.207. The monoisotopic (exact) mass is 316 g/mol. The summed E-state index contributed by atoms with van der Waals surface area (Å²) < 4.78 is 5.52. The molecule has 7 heteroatoms. The molecule has 1 N–H and O–H groups in total. The van der Waals surface area contributed by atoms with Crippen LogP contribution in [0, 0.1) is 0 Å². The first-order valence-corrected chi connectivity index (χ1v) is 5.45. The van der Waals surface area contributed by atoms with Gasteiger partial charge in [0, 0.05) is 18.2 Å². The lowest BCUT2D eigenvalue weighted by Gasteiger charge is -2.06. The number of hydrogen-bond donors (Lipinski definition) is 1. The number of halogens is 1. The van der Waals surface area contributed by atoms with Crippen molar-refractivity contribution in [1.82, 2.24) is 0 Å².